The topological polar surface area (TPSA) is 15.3 Å². The first kappa shape index (κ1) is 17.9. The Kier molecular flexibility index (Phi) is 8.89. The lowest BCUT2D eigenvalue weighted by Gasteiger charge is -2.34. The molecule has 0 amide bonds. The van der Waals surface area contributed by atoms with Gasteiger partial charge in [-0.15, -0.1) is 0 Å². The summed E-state index contributed by atoms with van der Waals surface area (Å²) in [5.41, 5.74) is 0.353. The standard InChI is InChI=1S/C16H36N2/c1-8-15(9-2)11-18(10-3)13-16(6,7)12-17-14(4)5/h14-15,17H,8-13H2,1-7H3. The quantitative estimate of drug-likeness (QED) is 0.640. The van der Waals surface area contributed by atoms with Crippen LogP contribution in [0, 0.1) is 11.3 Å². The maximum Gasteiger partial charge on any atom is 0.00448 e. The number of nitrogens with one attached hydrogen (secondary N) is 1. The van der Waals surface area contributed by atoms with E-state index in [0.717, 1.165) is 12.5 Å². The Labute approximate surface area is 116 Å². The van der Waals surface area contributed by atoms with Gasteiger partial charge in [-0.1, -0.05) is 61.3 Å². The van der Waals surface area contributed by atoms with Gasteiger partial charge in [0.25, 0.3) is 0 Å². The van der Waals surface area contributed by atoms with Crippen molar-refractivity contribution in [2.45, 2.75) is 67.3 Å². The van der Waals surface area contributed by atoms with Crippen LogP contribution in [0.4, 0.5) is 0 Å². The van der Waals surface area contributed by atoms with E-state index < -0.39 is 0 Å². The van der Waals surface area contributed by atoms with Crippen LogP contribution in [-0.2, 0) is 0 Å². The Morgan fingerprint density at radius 3 is 2.00 bits per heavy atom. The van der Waals surface area contributed by atoms with E-state index in [1.807, 2.05) is 0 Å². The minimum atomic E-state index is 0.353. The molecule has 2 heteroatoms. The van der Waals surface area contributed by atoms with Crippen LogP contribution in [0.3, 0.4) is 0 Å². The van der Waals surface area contributed by atoms with E-state index in [1.54, 1.807) is 0 Å². The predicted octanol–water partition coefficient (Wildman–Crippen LogP) is 3.77. The van der Waals surface area contributed by atoms with Gasteiger partial charge in [0.05, 0.1) is 0 Å². The van der Waals surface area contributed by atoms with Gasteiger partial charge in [0.2, 0.25) is 0 Å². The monoisotopic (exact) mass is 256 g/mol. The highest BCUT2D eigenvalue weighted by atomic mass is 15.1. The van der Waals surface area contributed by atoms with Gasteiger partial charge < -0.3 is 10.2 Å². The summed E-state index contributed by atoms with van der Waals surface area (Å²) < 4.78 is 0. The third-order valence-electron chi connectivity index (χ3n) is 3.76. The third-order valence-corrected chi connectivity index (χ3v) is 3.76. The first-order valence-corrected chi connectivity index (χ1v) is 7.80. The van der Waals surface area contributed by atoms with Crippen molar-refractivity contribution in [1.82, 2.24) is 10.2 Å². The van der Waals surface area contributed by atoms with Crippen LogP contribution in [0.5, 0.6) is 0 Å². The molecule has 0 spiro atoms. The maximum absolute atomic E-state index is 3.57. The molecule has 110 valence electrons. The van der Waals surface area contributed by atoms with Crippen LogP contribution in [0.1, 0.15) is 61.3 Å². The molecular formula is C16H36N2. The Morgan fingerprint density at radius 2 is 1.61 bits per heavy atom. The molecule has 0 aliphatic carbocycles. The highest BCUT2D eigenvalue weighted by Crippen LogP contribution is 2.18. The smallest absolute Gasteiger partial charge is 0.00448 e. The normalized spacial score (nSPS) is 13.0. The van der Waals surface area contributed by atoms with E-state index in [2.05, 4.69) is 58.7 Å². The molecule has 0 saturated heterocycles. The van der Waals surface area contributed by atoms with Crippen molar-refractivity contribution in [3.63, 3.8) is 0 Å². The number of nitrogens with zero attached hydrogens (tertiary/aromatic N) is 1. The Balaban J connectivity index is 4.23. The van der Waals surface area contributed by atoms with E-state index in [9.17, 15) is 0 Å². The second-order valence-electron chi connectivity index (χ2n) is 6.71. The Hall–Kier alpha value is -0.0800. The fourth-order valence-electron chi connectivity index (χ4n) is 2.36. The van der Waals surface area contributed by atoms with Gasteiger partial charge in [-0.05, 0) is 17.9 Å². The summed E-state index contributed by atoms with van der Waals surface area (Å²) in [5.74, 6) is 0.860. The fourth-order valence-corrected chi connectivity index (χ4v) is 2.36. The van der Waals surface area contributed by atoms with Crippen LogP contribution in [-0.4, -0.2) is 37.1 Å². The van der Waals surface area contributed by atoms with E-state index in [1.165, 1.54) is 32.5 Å². The molecule has 0 aromatic heterocycles. The molecule has 0 aliphatic heterocycles. The summed E-state index contributed by atoms with van der Waals surface area (Å²) in [5, 5.41) is 3.57. The number of rotatable bonds is 10. The Bertz CT molecular complexity index is 195. The molecule has 0 bridgehead atoms. The van der Waals surface area contributed by atoms with Crippen LogP contribution in [0.25, 0.3) is 0 Å². The van der Waals surface area contributed by atoms with Gasteiger partial charge in [0, 0.05) is 25.7 Å². The lowest BCUT2D eigenvalue weighted by molar-refractivity contribution is 0.154. The summed E-state index contributed by atoms with van der Waals surface area (Å²) >= 11 is 0. The molecule has 0 heterocycles. The fraction of sp³-hybridized carbons (Fsp3) is 1.00. The van der Waals surface area contributed by atoms with Crippen molar-refractivity contribution < 1.29 is 0 Å². The first-order chi connectivity index (χ1) is 8.34. The van der Waals surface area contributed by atoms with E-state index in [4.69, 9.17) is 0 Å². The van der Waals surface area contributed by atoms with Gasteiger partial charge in [-0.3, -0.25) is 0 Å². The molecule has 0 radical (unpaired) electrons. The number of hydrogen-bond acceptors (Lipinski definition) is 2. The highest BCUT2D eigenvalue weighted by Gasteiger charge is 2.22. The molecule has 2 nitrogen and oxygen atoms in total. The zero-order chi connectivity index (χ0) is 14.2. The van der Waals surface area contributed by atoms with Crippen molar-refractivity contribution in [1.29, 1.82) is 0 Å². The lowest BCUT2D eigenvalue weighted by atomic mass is 9.91. The third kappa shape index (κ3) is 8.10. The largest absolute Gasteiger partial charge is 0.314 e. The van der Waals surface area contributed by atoms with Crippen LogP contribution >= 0.6 is 0 Å². The summed E-state index contributed by atoms with van der Waals surface area (Å²) in [6.07, 6.45) is 2.61. The van der Waals surface area contributed by atoms with Crippen LogP contribution in [0.2, 0.25) is 0 Å². The maximum atomic E-state index is 3.57. The van der Waals surface area contributed by atoms with Crippen molar-refractivity contribution in [3.05, 3.63) is 0 Å². The SMILES string of the molecule is CCC(CC)CN(CC)CC(C)(C)CNC(C)C. The lowest BCUT2D eigenvalue weighted by Crippen LogP contribution is -2.43. The molecule has 0 saturated carbocycles. The van der Waals surface area contributed by atoms with Crippen LogP contribution < -0.4 is 5.32 Å². The van der Waals surface area contributed by atoms with E-state index in [0.29, 0.717) is 11.5 Å². The van der Waals surface area contributed by atoms with Crippen molar-refractivity contribution in [2.75, 3.05) is 26.2 Å². The molecule has 0 atom stereocenters. The summed E-state index contributed by atoms with van der Waals surface area (Å²) in [4.78, 5) is 2.62. The second-order valence-corrected chi connectivity index (χ2v) is 6.71. The minimum absolute atomic E-state index is 0.353. The molecule has 18 heavy (non-hydrogen) atoms. The van der Waals surface area contributed by atoms with Gasteiger partial charge >= 0.3 is 0 Å². The van der Waals surface area contributed by atoms with Gasteiger partial charge in [-0.25, -0.2) is 0 Å². The van der Waals surface area contributed by atoms with Gasteiger partial charge in [-0.2, -0.15) is 0 Å². The average Bonchev–Trinajstić information content (AvgIpc) is 2.32. The Morgan fingerprint density at radius 1 is 1.06 bits per heavy atom. The zero-order valence-corrected chi connectivity index (χ0v) is 13.8. The summed E-state index contributed by atoms with van der Waals surface area (Å²) in [6.45, 7) is 20.8. The molecule has 0 rings (SSSR count). The zero-order valence-electron chi connectivity index (χ0n) is 13.8. The molecular weight excluding hydrogens is 220 g/mol. The van der Waals surface area contributed by atoms with E-state index >= 15 is 0 Å². The van der Waals surface area contributed by atoms with Crippen molar-refractivity contribution >= 4 is 0 Å². The highest BCUT2D eigenvalue weighted by molar-refractivity contribution is 4.78. The van der Waals surface area contributed by atoms with Crippen molar-refractivity contribution in [3.8, 4) is 0 Å². The minimum Gasteiger partial charge on any atom is -0.314 e. The molecule has 0 unspecified atom stereocenters. The predicted molar refractivity (Wildman–Crippen MR) is 83.1 cm³/mol. The average molecular weight is 256 g/mol. The van der Waals surface area contributed by atoms with Crippen LogP contribution in [0.15, 0.2) is 0 Å². The molecule has 0 fully saturated rings. The van der Waals surface area contributed by atoms with E-state index in [-0.39, 0.29) is 0 Å². The first-order valence-electron chi connectivity index (χ1n) is 7.80. The van der Waals surface area contributed by atoms with Gasteiger partial charge in [0.15, 0.2) is 0 Å². The summed E-state index contributed by atoms with van der Waals surface area (Å²) in [7, 11) is 0. The number of hydrogen-bond donors (Lipinski definition) is 1. The molecule has 1 N–H and O–H groups in total. The molecule has 0 aromatic rings. The van der Waals surface area contributed by atoms with Crippen molar-refractivity contribution in [2.24, 2.45) is 11.3 Å². The van der Waals surface area contributed by atoms with Gasteiger partial charge in [0.1, 0.15) is 0 Å². The molecule has 0 aliphatic rings. The second kappa shape index (κ2) is 8.92. The summed E-state index contributed by atoms with van der Waals surface area (Å²) in [6, 6.07) is 0.582. The molecule has 0 aromatic carbocycles.